The second-order valence-corrected chi connectivity index (χ2v) is 6.86. The normalized spacial score (nSPS) is 13.0. The van der Waals surface area contributed by atoms with Crippen molar-refractivity contribution in [2.75, 3.05) is 11.9 Å². The van der Waals surface area contributed by atoms with Crippen LogP contribution in [0, 0.1) is 11.8 Å². The van der Waals surface area contributed by atoms with Gasteiger partial charge in [-0.05, 0) is 36.5 Å². The molecule has 1 aromatic carbocycles. The van der Waals surface area contributed by atoms with Gasteiger partial charge in [0.25, 0.3) is 0 Å². The molecule has 1 unspecified atom stereocenters. The van der Waals surface area contributed by atoms with Gasteiger partial charge in [-0.15, -0.1) is 0 Å². The van der Waals surface area contributed by atoms with E-state index >= 15 is 0 Å². The number of aliphatic hydroxyl groups is 1. The molecular weight excluding hydrogens is 350 g/mol. The summed E-state index contributed by atoms with van der Waals surface area (Å²) in [6.45, 7) is 4.00. The minimum Gasteiger partial charge on any atom is -0.481 e. The molecule has 2 atom stereocenters. The lowest BCUT2D eigenvalue weighted by Gasteiger charge is -2.24. The van der Waals surface area contributed by atoms with E-state index in [4.69, 9.17) is 10.8 Å². The number of carboxylic acid groups (broad SMARTS) is 1. The van der Waals surface area contributed by atoms with Gasteiger partial charge in [-0.1, -0.05) is 26.0 Å². The summed E-state index contributed by atoms with van der Waals surface area (Å²) in [5.74, 6) is -2.04. The maximum atomic E-state index is 12.7. The molecule has 0 aliphatic carbocycles. The topological polar surface area (TPSA) is 142 Å². The number of carbonyl (C=O) groups is 3. The quantitative estimate of drug-likeness (QED) is 0.350. The Kier molecular flexibility index (Phi) is 9.29. The van der Waals surface area contributed by atoms with E-state index in [0.717, 1.165) is 11.3 Å². The van der Waals surface area contributed by atoms with Crippen LogP contribution in [0.1, 0.15) is 38.7 Å². The van der Waals surface area contributed by atoms with Crippen molar-refractivity contribution in [2.24, 2.45) is 17.6 Å². The number of ketones is 1. The minimum absolute atomic E-state index is 0.0269. The number of carbonyl (C=O) groups excluding carboxylic acids is 2. The number of Topliss-reactive ketones (excluding diaryl/α,β-unsaturated/α-hetero) is 1. The van der Waals surface area contributed by atoms with Gasteiger partial charge in [0.2, 0.25) is 0 Å². The molecule has 0 aliphatic heterocycles. The smallest absolute Gasteiger partial charge is 0.312 e. The van der Waals surface area contributed by atoms with Crippen LogP contribution in [-0.4, -0.2) is 40.6 Å². The lowest BCUT2D eigenvalue weighted by molar-refractivity contribution is -0.144. The fraction of sp³-hybridized carbons (Fsp3) is 0.526. The van der Waals surface area contributed by atoms with E-state index in [2.05, 4.69) is 10.6 Å². The van der Waals surface area contributed by atoms with E-state index in [0.29, 0.717) is 6.42 Å². The Morgan fingerprint density at radius 3 is 2.26 bits per heavy atom. The summed E-state index contributed by atoms with van der Waals surface area (Å²) in [5.41, 5.74) is 6.47. The summed E-state index contributed by atoms with van der Waals surface area (Å²) in [4.78, 5) is 34.8. The van der Waals surface area contributed by atoms with E-state index in [1.54, 1.807) is 24.3 Å². The maximum Gasteiger partial charge on any atom is 0.312 e. The van der Waals surface area contributed by atoms with Crippen LogP contribution in [0.25, 0.3) is 0 Å². The van der Waals surface area contributed by atoms with Crippen molar-refractivity contribution in [1.82, 2.24) is 5.32 Å². The van der Waals surface area contributed by atoms with Crippen molar-refractivity contribution in [3.63, 3.8) is 0 Å². The van der Waals surface area contributed by atoms with Crippen LogP contribution in [0.15, 0.2) is 24.3 Å². The Labute approximate surface area is 159 Å². The van der Waals surface area contributed by atoms with E-state index in [1.807, 2.05) is 13.8 Å². The lowest BCUT2D eigenvalue weighted by atomic mass is 9.90. The molecule has 2 amide bonds. The molecule has 8 heteroatoms. The van der Waals surface area contributed by atoms with E-state index in [-0.39, 0.29) is 37.7 Å². The molecule has 0 aromatic heterocycles. The minimum atomic E-state index is -1.03. The zero-order valence-corrected chi connectivity index (χ0v) is 15.8. The van der Waals surface area contributed by atoms with Gasteiger partial charge < -0.3 is 26.6 Å². The number of anilines is 1. The van der Waals surface area contributed by atoms with Gasteiger partial charge in [0.15, 0.2) is 5.78 Å². The third kappa shape index (κ3) is 8.08. The lowest BCUT2D eigenvalue weighted by Crippen LogP contribution is -2.37. The Bertz CT molecular complexity index is 631. The average Bonchev–Trinajstić information content (AvgIpc) is 2.61. The highest BCUT2D eigenvalue weighted by atomic mass is 16.4. The molecule has 0 saturated carbocycles. The van der Waals surface area contributed by atoms with Crippen LogP contribution >= 0.6 is 0 Å². The standard InChI is InChI=1S/C19H29N3O5/c1-12(2)17(22-15-7-5-13(11-23)6-8-15)16(24)10-14(18(25)26)4-3-9-21-19(20)27/h5-8,12,14,17,22-23H,3-4,9-11H2,1-2H3,(H,25,26)(H3,20,21,27)/t14?,17-/m0/s1. The van der Waals surface area contributed by atoms with Gasteiger partial charge in [-0.2, -0.15) is 0 Å². The van der Waals surface area contributed by atoms with Crippen LogP contribution in [0.5, 0.6) is 0 Å². The highest BCUT2D eigenvalue weighted by Crippen LogP contribution is 2.20. The number of rotatable bonds is 12. The molecule has 0 heterocycles. The monoisotopic (exact) mass is 379 g/mol. The highest BCUT2D eigenvalue weighted by Gasteiger charge is 2.28. The molecule has 1 aromatic rings. The Hall–Kier alpha value is -2.61. The summed E-state index contributed by atoms with van der Waals surface area (Å²) in [6.07, 6.45) is 0.615. The van der Waals surface area contributed by atoms with Crippen molar-refractivity contribution in [2.45, 2.75) is 45.8 Å². The number of carboxylic acids is 1. The molecule has 0 spiro atoms. The molecule has 0 bridgehead atoms. The first kappa shape index (κ1) is 22.4. The number of aliphatic carboxylic acids is 1. The average molecular weight is 379 g/mol. The molecule has 0 aliphatic rings. The van der Waals surface area contributed by atoms with Gasteiger partial charge in [0.05, 0.1) is 18.6 Å². The fourth-order valence-corrected chi connectivity index (χ4v) is 2.75. The Morgan fingerprint density at radius 2 is 1.78 bits per heavy atom. The summed E-state index contributed by atoms with van der Waals surface area (Å²) < 4.78 is 0. The first-order valence-electron chi connectivity index (χ1n) is 8.99. The Morgan fingerprint density at radius 1 is 1.15 bits per heavy atom. The fourth-order valence-electron chi connectivity index (χ4n) is 2.75. The molecule has 1 rings (SSSR count). The van der Waals surface area contributed by atoms with Crippen LogP contribution in [-0.2, 0) is 16.2 Å². The van der Waals surface area contributed by atoms with Gasteiger partial charge in [-0.25, -0.2) is 4.79 Å². The SMILES string of the molecule is CC(C)[C@H](Nc1ccc(CO)cc1)C(=O)CC(CCCNC(N)=O)C(=O)O. The van der Waals surface area contributed by atoms with Gasteiger partial charge in [0.1, 0.15) is 0 Å². The number of hydrogen-bond acceptors (Lipinski definition) is 5. The number of hydrogen-bond donors (Lipinski definition) is 5. The van der Waals surface area contributed by atoms with E-state index in [1.165, 1.54) is 0 Å². The number of benzene rings is 1. The summed E-state index contributed by atoms with van der Waals surface area (Å²) >= 11 is 0. The molecule has 8 nitrogen and oxygen atoms in total. The highest BCUT2D eigenvalue weighted by molar-refractivity contribution is 5.90. The predicted octanol–water partition coefficient (Wildman–Crippen LogP) is 1.72. The molecule has 0 fully saturated rings. The maximum absolute atomic E-state index is 12.7. The summed E-state index contributed by atoms with van der Waals surface area (Å²) in [6, 6.07) is 5.90. The number of nitrogens with two attached hydrogens (primary N) is 1. The zero-order chi connectivity index (χ0) is 20.4. The summed E-state index contributed by atoms with van der Waals surface area (Å²) in [7, 11) is 0. The van der Waals surface area contributed by atoms with Crippen molar-refractivity contribution in [3.05, 3.63) is 29.8 Å². The number of nitrogens with one attached hydrogen (secondary N) is 2. The van der Waals surface area contributed by atoms with E-state index < -0.39 is 24.0 Å². The number of amides is 2. The van der Waals surface area contributed by atoms with E-state index in [9.17, 15) is 19.5 Å². The molecule has 0 saturated heterocycles. The van der Waals surface area contributed by atoms with Crippen molar-refractivity contribution in [3.8, 4) is 0 Å². The van der Waals surface area contributed by atoms with Crippen molar-refractivity contribution >= 4 is 23.5 Å². The van der Waals surface area contributed by atoms with Gasteiger partial charge >= 0.3 is 12.0 Å². The second-order valence-electron chi connectivity index (χ2n) is 6.86. The molecule has 150 valence electrons. The molecule has 6 N–H and O–H groups in total. The number of aliphatic hydroxyl groups excluding tert-OH is 1. The molecular formula is C19H29N3O5. The second kappa shape index (κ2) is 11.2. The summed E-state index contributed by atoms with van der Waals surface area (Å²) in [5, 5.41) is 24.1. The van der Waals surface area contributed by atoms with Crippen molar-refractivity contribution in [1.29, 1.82) is 0 Å². The third-order valence-corrected chi connectivity index (χ3v) is 4.30. The van der Waals surface area contributed by atoms with Crippen molar-refractivity contribution < 1.29 is 24.6 Å². The van der Waals surface area contributed by atoms with Crippen LogP contribution in [0.4, 0.5) is 10.5 Å². The predicted molar refractivity (Wildman–Crippen MR) is 102 cm³/mol. The zero-order valence-electron chi connectivity index (χ0n) is 15.8. The van der Waals surface area contributed by atoms with Crippen LogP contribution in [0.2, 0.25) is 0 Å². The van der Waals surface area contributed by atoms with Crippen LogP contribution in [0.3, 0.4) is 0 Å². The third-order valence-electron chi connectivity index (χ3n) is 4.30. The van der Waals surface area contributed by atoms with Crippen LogP contribution < -0.4 is 16.4 Å². The number of primary amides is 1. The number of urea groups is 1. The Balaban J connectivity index is 2.70. The largest absolute Gasteiger partial charge is 0.481 e. The van der Waals surface area contributed by atoms with Gasteiger partial charge in [-0.3, -0.25) is 9.59 Å². The first-order chi connectivity index (χ1) is 12.7. The first-order valence-corrected chi connectivity index (χ1v) is 8.99. The molecule has 27 heavy (non-hydrogen) atoms. The van der Waals surface area contributed by atoms with Gasteiger partial charge in [0, 0.05) is 18.7 Å². The molecule has 0 radical (unpaired) electrons.